The van der Waals surface area contributed by atoms with Gasteiger partial charge in [0, 0.05) is 36.6 Å². The topological polar surface area (TPSA) is 89.0 Å². The van der Waals surface area contributed by atoms with E-state index in [-0.39, 0.29) is 23.5 Å². The van der Waals surface area contributed by atoms with Crippen LogP contribution >= 0.6 is 0 Å². The Kier molecular flexibility index (Phi) is 6.09. The maximum absolute atomic E-state index is 12.8. The number of hydrogen-bond donors (Lipinski definition) is 2. The summed E-state index contributed by atoms with van der Waals surface area (Å²) in [7, 11) is 0. The van der Waals surface area contributed by atoms with Crippen LogP contribution in [0.25, 0.3) is 0 Å². The maximum atomic E-state index is 12.8. The number of nitriles is 1. The van der Waals surface area contributed by atoms with Crippen LogP contribution in [0.5, 0.6) is 0 Å². The largest absolute Gasteiger partial charge is 0.367 e. The van der Waals surface area contributed by atoms with E-state index in [2.05, 4.69) is 39.5 Å². The van der Waals surface area contributed by atoms with Crippen LogP contribution in [0.1, 0.15) is 39.9 Å². The molecule has 0 atom stereocenters. The summed E-state index contributed by atoms with van der Waals surface area (Å²) in [4.78, 5) is 29.7. The molecular formula is C26H26N4O2. The fourth-order valence-corrected chi connectivity index (χ4v) is 4.43. The van der Waals surface area contributed by atoms with Crippen LogP contribution in [0.4, 0.5) is 11.4 Å². The van der Waals surface area contributed by atoms with Crippen molar-refractivity contribution in [3.8, 4) is 6.07 Å². The number of para-hydroxylation sites is 2. The molecule has 0 radical (unpaired) electrons. The quantitative estimate of drug-likeness (QED) is 0.624. The Balaban J connectivity index is 1.45. The molecule has 1 aromatic heterocycles. The van der Waals surface area contributed by atoms with Crippen LogP contribution in [0, 0.1) is 25.2 Å². The number of benzene rings is 2. The van der Waals surface area contributed by atoms with Crippen molar-refractivity contribution in [2.24, 2.45) is 0 Å². The average molecular weight is 427 g/mol. The second kappa shape index (κ2) is 9.11. The summed E-state index contributed by atoms with van der Waals surface area (Å²) in [6.45, 7) is 5.26. The molecule has 0 fully saturated rings. The smallest absolute Gasteiger partial charge is 0.266 e. The minimum atomic E-state index is -0.381. The van der Waals surface area contributed by atoms with E-state index in [9.17, 15) is 14.9 Å². The number of H-pyrrole nitrogens is 1. The monoisotopic (exact) mass is 426 g/mol. The fraction of sp³-hybridized carbons (Fsp3) is 0.269. The molecule has 1 aliphatic rings. The van der Waals surface area contributed by atoms with E-state index in [1.165, 1.54) is 11.3 Å². The van der Waals surface area contributed by atoms with Gasteiger partial charge in [0.05, 0.1) is 0 Å². The number of rotatable bonds is 6. The molecule has 6 heteroatoms. The molecule has 2 heterocycles. The Morgan fingerprint density at radius 1 is 1.16 bits per heavy atom. The van der Waals surface area contributed by atoms with Crippen molar-refractivity contribution in [2.45, 2.75) is 39.7 Å². The van der Waals surface area contributed by atoms with Crippen molar-refractivity contribution in [1.82, 2.24) is 4.98 Å². The first-order valence-electron chi connectivity index (χ1n) is 10.8. The lowest BCUT2D eigenvalue weighted by Gasteiger charge is -2.21. The van der Waals surface area contributed by atoms with Gasteiger partial charge in [0.25, 0.3) is 5.56 Å². The van der Waals surface area contributed by atoms with Gasteiger partial charge in [0.2, 0.25) is 5.91 Å². The number of carbonyl (C=O) groups is 1. The predicted molar refractivity (Wildman–Crippen MR) is 126 cm³/mol. The zero-order chi connectivity index (χ0) is 22.7. The molecule has 162 valence electrons. The van der Waals surface area contributed by atoms with E-state index in [4.69, 9.17) is 0 Å². The normalized spacial score (nSPS) is 12.3. The number of carbonyl (C=O) groups excluding carboxylic acids is 1. The van der Waals surface area contributed by atoms with Crippen LogP contribution in [0.15, 0.2) is 53.3 Å². The molecule has 0 spiro atoms. The molecule has 0 aliphatic carbocycles. The van der Waals surface area contributed by atoms with Gasteiger partial charge in [0.1, 0.15) is 11.6 Å². The number of hydrogen-bond acceptors (Lipinski definition) is 4. The molecule has 1 aliphatic heterocycles. The Bertz CT molecular complexity index is 1270. The molecule has 0 unspecified atom stereocenters. The molecule has 2 aromatic carbocycles. The highest BCUT2D eigenvalue weighted by atomic mass is 16.1. The first kappa shape index (κ1) is 21.4. The molecule has 1 amide bonds. The van der Waals surface area contributed by atoms with Crippen molar-refractivity contribution in [3.63, 3.8) is 0 Å². The molecule has 0 saturated carbocycles. The van der Waals surface area contributed by atoms with E-state index in [1.54, 1.807) is 13.8 Å². The van der Waals surface area contributed by atoms with Crippen LogP contribution < -0.4 is 15.8 Å². The molecule has 4 rings (SSSR count). The van der Waals surface area contributed by atoms with Crippen LogP contribution in [0.3, 0.4) is 0 Å². The van der Waals surface area contributed by atoms with Gasteiger partial charge in [-0.05, 0) is 61.1 Å². The lowest BCUT2D eigenvalue weighted by molar-refractivity contribution is -0.116. The van der Waals surface area contributed by atoms with Gasteiger partial charge in [-0.3, -0.25) is 9.59 Å². The van der Waals surface area contributed by atoms with E-state index in [1.807, 2.05) is 30.3 Å². The van der Waals surface area contributed by atoms with Crippen molar-refractivity contribution < 1.29 is 4.79 Å². The van der Waals surface area contributed by atoms with Gasteiger partial charge in [0.15, 0.2) is 0 Å². The molecule has 0 saturated heterocycles. The van der Waals surface area contributed by atoms with Crippen molar-refractivity contribution >= 4 is 17.3 Å². The maximum Gasteiger partial charge on any atom is 0.266 e. The van der Waals surface area contributed by atoms with Gasteiger partial charge < -0.3 is 15.2 Å². The minimum Gasteiger partial charge on any atom is -0.367 e. The first-order valence-corrected chi connectivity index (χ1v) is 10.8. The van der Waals surface area contributed by atoms with Gasteiger partial charge in [-0.2, -0.15) is 5.26 Å². The van der Waals surface area contributed by atoms with Crippen LogP contribution in [-0.4, -0.2) is 17.4 Å². The van der Waals surface area contributed by atoms with Gasteiger partial charge in [-0.1, -0.05) is 36.4 Å². The van der Waals surface area contributed by atoms with E-state index < -0.39 is 0 Å². The van der Waals surface area contributed by atoms with Crippen molar-refractivity contribution in [1.29, 1.82) is 5.26 Å². The molecular weight excluding hydrogens is 400 g/mol. The van der Waals surface area contributed by atoms with Gasteiger partial charge in [-0.15, -0.1) is 0 Å². The third kappa shape index (κ3) is 4.28. The number of aryl methyl sites for hydroxylation is 1. The Morgan fingerprint density at radius 2 is 1.91 bits per heavy atom. The first-order chi connectivity index (χ1) is 15.5. The Labute approximate surface area is 187 Å². The summed E-state index contributed by atoms with van der Waals surface area (Å²) in [5, 5.41) is 12.3. The minimum absolute atomic E-state index is 0.0946. The number of nitrogens with zero attached hydrogens (tertiary/aromatic N) is 2. The highest BCUT2D eigenvalue weighted by Gasteiger charge is 2.20. The number of pyridine rings is 1. The number of aromatic nitrogens is 1. The SMILES string of the molecule is Cc1[nH]c(=O)c(C#N)c(C)c1CCC(=O)Nc1ccccc1CN1CCc2ccccc21. The van der Waals surface area contributed by atoms with Crippen molar-refractivity contribution in [3.05, 3.63) is 92.4 Å². The Morgan fingerprint density at radius 3 is 2.72 bits per heavy atom. The summed E-state index contributed by atoms with van der Waals surface area (Å²) in [5.41, 5.74) is 6.43. The predicted octanol–water partition coefficient (Wildman–Crippen LogP) is 4.00. The van der Waals surface area contributed by atoms with E-state index in [0.29, 0.717) is 17.7 Å². The van der Waals surface area contributed by atoms with Gasteiger partial charge in [-0.25, -0.2) is 0 Å². The standard InChI is InChI=1S/C26H26N4O2/c1-17-21(18(2)28-26(32)22(17)15-27)11-12-25(31)29-23-9-5-3-8-20(23)16-30-14-13-19-7-4-6-10-24(19)30/h3-10H,11-14,16H2,1-2H3,(H,28,32)(H,29,31). The van der Waals surface area contributed by atoms with Crippen molar-refractivity contribution in [2.75, 3.05) is 16.8 Å². The number of amides is 1. The number of anilines is 2. The second-order valence-electron chi connectivity index (χ2n) is 8.18. The summed E-state index contributed by atoms with van der Waals surface area (Å²) in [5.74, 6) is -0.0946. The summed E-state index contributed by atoms with van der Waals surface area (Å²) >= 11 is 0. The summed E-state index contributed by atoms with van der Waals surface area (Å²) in [6, 6.07) is 18.3. The van der Waals surface area contributed by atoms with Crippen LogP contribution in [-0.2, 0) is 24.2 Å². The molecule has 3 aromatic rings. The molecule has 0 bridgehead atoms. The highest BCUT2D eigenvalue weighted by molar-refractivity contribution is 5.91. The lowest BCUT2D eigenvalue weighted by Crippen LogP contribution is -2.22. The van der Waals surface area contributed by atoms with Gasteiger partial charge >= 0.3 is 0 Å². The summed E-state index contributed by atoms with van der Waals surface area (Å²) < 4.78 is 0. The molecule has 32 heavy (non-hydrogen) atoms. The van der Waals surface area contributed by atoms with E-state index in [0.717, 1.165) is 36.3 Å². The van der Waals surface area contributed by atoms with E-state index >= 15 is 0 Å². The Hall–Kier alpha value is -3.85. The second-order valence-corrected chi connectivity index (χ2v) is 8.18. The van der Waals surface area contributed by atoms with Crippen LogP contribution in [0.2, 0.25) is 0 Å². The number of nitrogens with one attached hydrogen (secondary N) is 2. The number of aromatic amines is 1. The summed E-state index contributed by atoms with van der Waals surface area (Å²) in [6.07, 6.45) is 1.75. The highest BCUT2D eigenvalue weighted by Crippen LogP contribution is 2.30. The zero-order valence-electron chi connectivity index (χ0n) is 18.4. The molecule has 6 nitrogen and oxygen atoms in total. The average Bonchev–Trinajstić information content (AvgIpc) is 3.18. The molecule has 2 N–H and O–H groups in total. The number of fused-ring (bicyclic) bond motifs is 1. The zero-order valence-corrected chi connectivity index (χ0v) is 18.4. The lowest BCUT2D eigenvalue weighted by atomic mass is 9.99. The third-order valence-electron chi connectivity index (χ3n) is 6.16. The third-order valence-corrected chi connectivity index (χ3v) is 6.16. The fourth-order valence-electron chi connectivity index (χ4n) is 4.43.